The maximum Gasteiger partial charge on any atom is 0.433 e. The Bertz CT molecular complexity index is 439. The van der Waals surface area contributed by atoms with Crippen LogP contribution in [0.4, 0.5) is 19.0 Å². The number of aromatic nitrogens is 2. The standard InChI is InChI=1S/C11H12F3N3O/c12-11(13,14)9-1-10(16-6-15-9)17-2-7-4-18-5-8(7)3-17/h1,6-8H,2-5H2/t7-,8+. The van der Waals surface area contributed by atoms with Crippen molar-refractivity contribution in [2.45, 2.75) is 6.18 Å². The highest BCUT2D eigenvalue weighted by atomic mass is 19.4. The highest BCUT2D eigenvalue weighted by Gasteiger charge is 2.39. The van der Waals surface area contributed by atoms with E-state index in [2.05, 4.69) is 9.97 Å². The van der Waals surface area contributed by atoms with E-state index >= 15 is 0 Å². The Morgan fingerprint density at radius 1 is 1.17 bits per heavy atom. The lowest BCUT2D eigenvalue weighted by Crippen LogP contribution is -2.24. The molecule has 0 bridgehead atoms. The molecule has 3 heterocycles. The summed E-state index contributed by atoms with van der Waals surface area (Å²) in [5.41, 5.74) is -0.888. The molecule has 7 heteroatoms. The summed E-state index contributed by atoms with van der Waals surface area (Å²) in [6, 6.07) is 1.02. The van der Waals surface area contributed by atoms with Gasteiger partial charge in [-0.3, -0.25) is 0 Å². The molecule has 2 aliphatic rings. The minimum absolute atomic E-state index is 0.353. The minimum Gasteiger partial charge on any atom is -0.381 e. The molecule has 2 aliphatic heterocycles. The van der Waals surface area contributed by atoms with E-state index in [1.165, 1.54) is 0 Å². The molecule has 0 amide bonds. The van der Waals surface area contributed by atoms with Crippen molar-refractivity contribution in [1.29, 1.82) is 0 Å². The van der Waals surface area contributed by atoms with Gasteiger partial charge in [-0.05, 0) is 0 Å². The number of ether oxygens (including phenoxy) is 1. The first-order valence-electron chi connectivity index (χ1n) is 5.76. The minimum atomic E-state index is -4.42. The molecule has 2 fully saturated rings. The second-order valence-corrected chi connectivity index (χ2v) is 4.72. The van der Waals surface area contributed by atoms with Crippen molar-refractivity contribution in [3.05, 3.63) is 18.1 Å². The lowest BCUT2D eigenvalue weighted by atomic mass is 10.0. The summed E-state index contributed by atoms with van der Waals surface area (Å²) in [6.45, 7) is 2.80. The largest absolute Gasteiger partial charge is 0.433 e. The van der Waals surface area contributed by atoms with Crippen LogP contribution in [-0.4, -0.2) is 36.3 Å². The first kappa shape index (κ1) is 11.7. The maximum atomic E-state index is 12.6. The van der Waals surface area contributed by atoms with Crippen LogP contribution in [0, 0.1) is 11.8 Å². The average molecular weight is 259 g/mol. The summed E-state index contributed by atoms with van der Waals surface area (Å²) in [7, 11) is 0. The van der Waals surface area contributed by atoms with E-state index in [0.717, 1.165) is 12.4 Å². The number of hydrogen-bond acceptors (Lipinski definition) is 4. The Morgan fingerprint density at radius 2 is 1.83 bits per heavy atom. The molecular weight excluding hydrogens is 247 g/mol. The van der Waals surface area contributed by atoms with E-state index in [1.54, 1.807) is 0 Å². The normalized spacial score (nSPS) is 27.6. The Kier molecular flexibility index (Phi) is 2.65. The number of fused-ring (bicyclic) bond motifs is 1. The summed E-state index contributed by atoms with van der Waals surface area (Å²) >= 11 is 0. The van der Waals surface area contributed by atoms with Crippen molar-refractivity contribution in [2.24, 2.45) is 11.8 Å². The quantitative estimate of drug-likeness (QED) is 0.767. The van der Waals surface area contributed by atoms with E-state index in [1.807, 2.05) is 4.90 Å². The molecule has 18 heavy (non-hydrogen) atoms. The van der Waals surface area contributed by atoms with Crippen LogP contribution >= 0.6 is 0 Å². The van der Waals surface area contributed by atoms with Gasteiger partial charge < -0.3 is 9.64 Å². The van der Waals surface area contributed by atoms with Gasteiger partial charge in [-0.2, -0.15) is 13.2 Å². The van der Waals surface area contributed by atoms with Crippen LogP contribution in [0.15, 0.2) is 12.4 Å². The van der Waals surface area contributed by atoms with Gasteiger partial charge in [-0.1, -0.05) is 0 Å². The number of halogens is 3. The van der Waals surface area contributed by atoms with E-state index in [9.17, 15) is 13.2 Å². The number of nitrogens with zero attached hydrogens (tertiary/aromatic N) is 3. The molecule has 0 unspecified atom stereocenters. The SMILES string of the molecule is FC(F)(F)c1cc(N2C[C@H]3COC[C@H]3C2)ncn1. The second kappa shape index (κ2) is 4.08. The van der Waals surface area contributed by atoms with E-state index in [-0.39, 0.29) is 0 Å². The molecule has 0 saturated carbocycles. The fourth-order valence-corrected chi connectivity index (χ4v) is 2.55. The van der Waals surface area contributed by atoms with Crippen LogP contribution in [0.5, 0.6) is 0 Å². The fraction of sp³-hybridized carbons (Fsp3) is 0.636. The Hall–Kier alpha value is -1.37. The molecule has 4 nitrogen and oxygen atoms in total. The van der Waals surface area contributed by atoms with Gasteiger partial charge in [-0.15, -0.1) is 0 Å². The molecule has 3 rings (SSSR count). The van der Waals surface area contributed by atoms with E-state index < -0.39 is 11.9 Å². The third-order valence-corrected chi connectivity index (χ3v) is 3.51. The van der Waals surface area contributed by atoms with Crippen LogP contribution < -0.4 is 4.90 Å². The molecule has 0 spiro atoms. The molecule has 0 N–H and O–H groups in total. The number of alkyl halides is 3. The maximum absolute atomic E-state index is 12.6. The lowest BCUT2D eigenvalue weighted by molar-refractivity contribution is -0.141. The summed E-state index contributed by atoms with van der Waals surface area (Å²) in [6.07, 6.45) is -3.45. The fourth-order valence-electron chi connectivity index (χ4n) is 2.55. The van der Waals surface area contributed by atoms with Crippen molar-refractivity contribution >= 4 is 5.82 Å². The highest BCUT2D eigenvalue weighted by molar-refractivity contribution is 5.41. The predicted octanol–water partition coefficient (Wildman–Crippen LogP) is 1.58. The molecular formula is C11H12F3N3O. The van der Waals surface area contributed by atoms with Crippen molar-refractivity contribution in [2.75, 3.05) is 31.2 Å². The van der Waals surface area contributed by atoms with Crippen LogP contribution in [0.3, 0.4) is 0 Å². The van der Waals surface area contributed by atoms with Crippen molar-refractivity contribution in [3.63, 3.8) is 0 Å². The average Bonchev–Trinajstić information content (AvgIpc) is 2.88. The molecule has 0 aromatic carbocycles. The predicted molar refractivity (Wildman–Crippen MR) is 57.0 cm³/mol. The van der Waals surface area contributed by atoms with Crippen LogP contribution in [0.2, 0.25) is 0 Å². The van der Waals surface area contributed by atoms with E-state index in [0.29, 0.717) is 44.0 Å². The highest BCUT2D eigenvalue weighted by Crippen LogP contribution is 2.33. The first-order valence-corrected chi connectivity index (χ1v) is 5.76. The van der Waals surface area contributed by atoms with Gasteiger partial charge in [0.15, 0.2) is 0 Å². The summed E-state index contributed by atoms with van der Waals surface area (Å²) < 4.78 is 43.0. The lowest BCUT2D eigenvalue weighted by Gasteiger charge is -2.19. The topological polar surface area (TPSA) is 38.2 Å². The number of hydrogen-bond donors (Lipinski definition) is 0. The molecule has 1 aromatic heterocycles. The van der Waals surface area contributed by atoms with Crippen molar-refractivity contribution < 1.29 is 17.9 Å². The van der Waals surface area contributed by atoms with Gasteiger partial charge in [0.2, 0.25) is 0 Å². The second-order valence-electron chi connectivity index (χ2n) is 4.72. The Morgan fingerprint density at radius 3 is 2.44 bits per heavy atom. The molecule has 98 valence electrons. The third kappa shape index (κ3) is 2.03. The third-order valence-electron chi connectivity index (χ3n) is 3.51. The molecule has 0 aliphatic carbocycles. The zero-order valence-electron chi connectivity index (χ0n) is 9.52. The number of rotatable bonds is 1. The first-order chi connectivity index (χ1) is 8.54. The molecule has 1 aromatic rings. The van der Waals surface area contributed by atoms with Gasteiger partial charge in [0.25, 0.3) is 0 Å². The van der Waals surface area contributed by atoms with Crippen LogP contribution in [-0.2, 0) is 10.9 Å². The number of anilines is 1. The van der Waals surface area contributed by atoms with Crippen LogP contribution in [0.25, 0.3) is 0 Å². The Balaban J connectivity index is 1.81. The van der Waals surface area contributed by atoms with Gasteiger partial charge in [0, 0.05) is 31.0 Å². The van der Waals surface area contributed by atoms with Gasteiger partial charge >= 0.3 is 6.18 Å². The zero-order chi connectivity index (χ0) is 12.8. The molecule has 2 atom stereocenters. The Labute approximate surface area is 102 Å². The monoisotopic (exact) mass is 259 g/mol. The van der Waals surface area contributed by atoms with Crippen molar-refractivity contribution in [1.82, 2.24) is 9.97 Å². The molecule has 2 saturated heterocycles. The van der Waals surface area contributed by atoms with Gasteiger partial charge in [-0.25, -0.2) is 9.97 Å². The summed E-state index contributed by atoms with van der Waals surface area (Å²) in [5, 5.41) is 0. The molecule has 0 radical (unpaired) electrons. The van der Waals surface area contributed by atoms with Gasteiger partial charge in [0.05, 0.1) is 13.2 Å². The summed E-state index contributed by atoms with van der Waals surface area (Å²) in [4.78, 5) is 9.09. The summed E-state index contributed by atoms with van der Waals surface area (Å²) in [5.74, 6) is 1.18. The van der Waals surface area contributed by atoms with E-state index in [4.69, 9.17) is 4.74 Å². The van der Waals surface area contributed by atoms with Crippen molar-refractivity contribution in [3.8, 4) is 0 Å². The smallest absolute Gasteiger partial charge is 0.381 e. The van der Waals surface area contributed by atoms with Crippen LogP contribution in [0.1, 0.15) is 5.69 Å². The zero-order valence-corrected chi connectivity index (χ0v) is 9.52. The van der Waals surface area contributed by atoms with Gasteiger partial charge in [0.1, 0.15) is 17.8 Å².